The predicted octanol–water partition coefficient (Wildman–Crippen LogP) is 5.15. The highest BCUT2D eigenvalue weighted by atomic mass is 79.9. The molecule has 3 rings (SSSR count). The molecule has 1 aromatic heterocycles. The van der Waals surface area contributed by atoms with Crippen molar-refractivity contribution >= 4 is 33.3 Å². The molecular weight excluding hydrogens is 359 g/mol. The van der Waals surface area contributed by atoms with Crippen molar-refractivity contribution in [2.24, 2.45) is 0 Å². The van der Waals surface area contributed by atoms with Crippen LogP contribution in [-0.2, 0) is 0 Å². The van der Waals surface area contributed by atoms with Crippen molar-refractivity contribution in [3.63, 3.8) is 0 Å². The molecule has 0 saturated carbocycles. The van der Waals surface area contributed by atoms with Crippen LogP contribution in [0.3, 0.4) is 0 Å². The van der Waals surface area contributed by atoms with Crippen LogP contribution >= 0.6 is 27.5 Å². The lowest BCUT2D eigenvalue weighted by molar-refractivity contribution is 0.436. The highest BCUT2D eigenvalue weighted by molar-refractivity contribution is 9.10. The van der Waals surface area contributed by atoms with Gasteiger partial charge < -0.3 is 10.3 Å². The molecule has 0 atom stereocenters. The summed E-state index contributed by atoms with van der Waals surface area (Å²) in [6, 6.07) is 11.8. The number of hydrogen-bond acceptors (Lipinski definition) is 3. The van der Waals surface area contributed by atoms with Gasteiger partial charge in [-0.05, 0) is 40.2 Å². The van der Waals surface area contributed by atoms with Gasteiger partial charge in [0.05, 0.1) is 10.0 Å². The molecule has 0 aliphatic carbocycles. The Balaban J connectivity index is 2.22. The van der Waals surface area contributed by atoms with Crippen LogP contribution < -0.4 is 5.73 Å². The lowest BCUT2D eigenvalue weighted by atomic mass is 10.0. The molecule has 3 nitrogen and oxygen atoms in total. The zero-order chi connectivity index (χ0) is 15.0. The number of aromatic nitrogens is 1. The van der Waals surface area contributed by atoms with Crippen LogP contribution in [0.1, 0.15) is 0 Å². The predicted molar refractivity (Wildman–Crippen MR) is 84.5 cm³/mol. The molecule has 2 aromatic carbocycles. The van der Waals surface area contributed by atoms with Gasteiger partial charge in [0, 0.05) is 16.1 Å². The second-order valence-electron chi connectivity index (χ2n) is 4.38. The number of nitrogen functional groups attached to an aromatic ring is 1. The van der Waals surface area contributed by atoms with Gasteiger partial charge in [0.1, 0.15) is 5.82 Å². The van der Waals surface area contributed by atoms with Crippen molar-refractivity contribution in [2.75, 3.05) is 5.73 Å². The lowest BCUT2D eigenvalue weighted by Crippen LogP contribution is -1.90. The van der Waals surface area contributed by atoms with Gasteiger partial charge in [0.15, 0.2) is 11.6 Å². The molecular formula is C15H9BrClFN2O. The molecule has 0 spiro atoms. The van der Waals surface area contributed by atoms with Gasteiger partial charge in [0.2, 0.25) is 0 Å². The third-order valence-electron chi connectivity index (χ3n) is 3.04. The fourth-order valence-electron chi connectivity index (χ4n) is 2.06. The van der Waals surface area contributed by atoms with Gasteiger partial charge in [-0.25, -0.2) is 4.39 Å². The maximum absolute atomic E-state index is 13.4. The van der Waals surface area contributed by atoms with Gasteiger partial charge >= 0.3 is 0 Å². The van der Waals surface area contributed by atoms with Gasteiger partial charge in [-0.2, -0.15) is 0 Å². The Kier molecular flexibility index (Phi) is 3.69. The molecule has 2 N–H and O–H groups in total. The Morgan fingerprint density at radius 1 is 1.19 bits per heavy atom. The lowest BCUT2D eigenvalue weighted by Gasteiger charge is -2.05. The molecule has 0 fully saturated rings. The first-order valence-electron chi connectivity index (χ1n) is 6.03. The number of halogens is 3. The summed E-state index contributed by atoms with van der Waals surface area (Å²) in [4.78, 5) is 0. The van der Waals surface area contributed by atoms with Crippen molar-refractivity contribution < 1.29 is 8.91 Å². The SMILES string of the molecule is Nc1noc(-c2ccc(F)c(Br)c2)c1-c1ccccc1Cl. The summed E-state index contributed by atoms with van der Waals surface area (Å²) < 4.78 is 19.0. The van der Waals surface area contributed by atoms with Crippen molar-refractivity contribution in [1.29, 1.82) is 0 Å². The summed E-state index contributed by atoms with van der Waals surface area (Å²) in [5.41, 5.74) is 7.87. The second kappa shape index (κ2) is 5.50. The quantitative estimate of drug-likeness (QED) is 0.682. The molecule has 0 amide bonds. The van der Waals surface area contributed by atoms with Gasteiger partial charge in [0.25, 0.3) is 0 Å². The molecule has 106 valence electrons. The van der Waals surface area contributed by atoms with Gasteiger partial charge in [-0.3, -0.25) is 0 Å². The maximum Gasteiger partial charge on any atom is 0.177 e. The van der Waals surface area contributed by atoms with Crippen molar-refractivity contribution in [3.8, 4) is 22.5 Å². The molecule has 0 radical (unpaired) electrons. The minimum Gasteiger partial charge on any atom is -0.380 e. The summed E-state index contributed by atoms with van der Waals surface area (Å²) in [6.07, 6.45) is 0. The number of benzene rings is 2. The monoisotopic (exact) mass is 366 g/mol. The number of anilines is 1. The first-order chi connectivity index (χ1) is 10.1. The van der Waals surface area contributed by atoms with E-state index in [1.54, 1.807) is 18.2 Å². The van der Waals surface area contributed by atoms with E-state index in [2.05, 4.69) is 21.1 Å². The van der Waals surface area contributed by atoms with E-state index in [0.717, 1.165) is 0 Å². The Hall–Kier alpha value is -1.85. The Labute approximate surface area is 133 Å². The molecule has 0 unspecified atom stereocenters. The van der Waals surface area contributed by atoms with E-state index < -0.39 is 0 Å². The smallest absolute Gasteiger partial charge is 0.177 e. The second-order valence-corrected chi connectivity index (χ2v) is 5.64. The summed E-state index contributed by atoms with van der Waals surface area (Å²) in [5, 5.41) is 4.33. The molecule has 6 heteroatoms. The fourth-order valence-corrected chi connectivity index (χ4v) is 2.67. The Morgan fingerprint density at radius 3 is 2.67 bits per heavy atom. The molecule has 0 bridgehead atoms. The average Bonchev–Trinajstić information content (AvgIpc) is 2.84. The molecule has 0 aliphatic rings. The molecule has 0 saturated heterocycles. The van der Waals surface area contributed by atoms with Crippen LogP contribution in [-0.4, -0.2) is 5.16 Å². The fraction of sp³-hybridized carbons (Fsp3) is 0. The Morgan fingerprint density at radius 2 is 1.95 bits per heavy atom. The van der Waals surface area contributed by atoms with Crippen LogP contribution in [0.5, 0.6) is 0 Å². The van der Waals surface area contributed by atoms with Crippen molar-refractivity contribution in [1.82, 2.24) is 5.16 Å². The number of nitrogens with two attached hydrogens (primary N) is 1. The maximum atomic E-state index is 13.4. The van der Waals surface area contributed by atoms with E-state index in [0.29, 0.717) is 31.9 Å². The van der Waals surface area contributed by atoms with Crippen molar-refractivity contribution in [3.05, 3.63) is 57.8 Å². The number of nitrogens with zero attached hydrogens (tertiary/aromatic N) is 1. The van der Waals surface area contributed by atoms with Crippen molar-refractivity contribution in [2.45, 2.75) is 0 Å². The molecule has 0 aliphatic heterocycles. The van der Waals surface area contributed by atoms with Crippen LogP contribution in [0.2, 0.25) is 5.02 Å². The zero-order valence-corrected chi connectivity index (χ0v) is 13.0. The standard InChI is InChI=1S/C15H9BrClFN2O/c16-10-7-8(5-6-12(10)18)14-13(15(19)20-21-14)9-3-1-2-4-11(9)17/h1-7H,(H2,19,20). The zero-order valence-electron chi connectivity index (χ0n) is 10.6. The molecule has 3 aromatic rings. The third kappa shape index (κ3) is 2.54. The molecule has 1 heterocycles. The normalized spacial score (nSPS) is 10.8. The molecule has 21 heavy (non-hydrogen) atoms. The highest BCUT2D eigenvalue weighted by Gasteiger charge is 2.20. The first kappa shape index (κ1) is 14.1. The van der Waals surface area contributed by atoms with E-state index in [4.69, 9.17) is 21.9 Å². The number of rotatable bonds is 2. The van der Waals surface area contributed by atoms with E-state index in [9.17, 15) is 4.39 Å². The summed E-state index contributed by atoms with van der Waals surface area (Å²) >= 11 is 9.36. The summed E-state index contributed by atoms with van der Waals surface area (Å²) in [7, 11) is 0. The van der Waals surface area contributed by atoms with E-state index in [1.807, 2.05) is 18.2 Å². The van der Waals surface area contributed by atoms with Crippen LogP contribution in [0, 0.1) is 5.82 Å². The first-order valence-corrected chi connectivity index (χ1v) is 7.20. The Bertz CT molecular complexity index is 819. The van der Waals surface area contributed by atoms with Gasteiger partial charge in [-0.15, -0.1) is 0 Å². The average molecular weight is 368 g/mol. The van der Waals surface area contributed by atoms with Crippen LogP contribution in [0.25, 0.3) is 22.5 Å². The summed E-state index contributed by atoms with van der Waals surface area (Å²) in [6.45, 7) is 0. The highest BCUT2D eigenvalue weighted by Crippen LogP contribution is 2.40. The minimum absolute atomic E-state index is 0.235. The number of hydrogen-bond donors (Lipinski definition) is 1. The van der Waals surface area contributed by atoms with Gasteiger partial charge in [-0.1, -0.05) is 35.0 Å². The van der Waals surface area contributed by atoms with Crippen LogP contribution in [0.15, 0.2) is 51.5 Å². The third-order valence-corrected chi connectivity index (χ3v) is 3.98. The van der Waals surface area contributed by atoms with E-state index in [1.165, 1.54) is 6.07 Å². The summed E-state index contributed by atoms with van der Waals surface area (Å²) in [5.74, 6) is 0.324. The van der Waals surface area contributed by atoms with E-state index >= 15 is 0 Å². The topological polar surface area (TPSA) is 52.0 Å². The minimum atomic E-state index is -0.356. The van der Waals surface area contributed by atoms with Crippen LogP contribution in [0.4, 0.5) is 10.2 Å². The largest absolute Gasteiger partial charge is 0.380 e. The van der Waals surface area contributed by atoms with E-state index in [-0.39, 0.29) is 11.6 Å².